The fourth-order valence-corrected chi connectivity index (χ4v) is 2.20. The molecule has 0 radical (unpaired) electrons. The van der Waals surface area contributed by atoms with E-state index >= 15 is 0 Å². The Kier molecular flexibility index (Phi) is 4.39. The highest BCUT2D eigenvalue weighted by Crippen LogP contribution is 2.29. The molecule has 0 bridgehead atoms. The van der Waals surface area contributed by atoms with E-state index in [4.69, 9.17) is 0 Å². The third kappa shape index (κ3) is 2.95. The Balaban J connectivity index is 2.56. The molecule has 0 N–H and O–H groups in total. The highest BCUT2D eigenvalue weighted by molar-refractivity contribution is 5.96. The molecule has 0 spiro atoms. The summed E-state index contributed by atoms with van der Waals surface area (Å²) < 4.78 is 0. The summed E-state index contributed by atoms with van der Waals surface area (Å²) in [6, 6.07) is 9.83. The number of carbonyl (C=O) groups excluding carboxylic acids is 1. The molecule has 0 aliphatic rings. The molecule has 0 saturated carbocycles. The van der Waals surface area contributed by atoms with E-state index in [0.29, 0.717) is 12.1 Å². The molecule has 5 heteroatoms. The van der Waals surface area contributed by atoms with Gasteiger partial charge in [-0.25, -0.2) is 0 Å². The molecule has 0 aliphatic heterocycles. The number of fused-ring (bicyclic) bond motifs is 1. The normalized spacial score (nSPS) is 10.2. The molecule has 0 fully saturated rings. The SMILES string of the molecule is CCN(CC(=O)N(C)C)c1c(C#N)cnc2ccccc12. The van der Waals surface area contributed by atoms with Crippen LogP contribution in [0.2, 0.25) is 0 Å². The van der Waals surface area contributed by atoms with Gasteiger partial charge >= 0.3 is 0 Å². The zero-order valence-corrected chi connectivity index (χ0v) is 12.5. The van der Waals surface area contributed by atoms with Gasteiger partial charge in [-0.2, -0.15) is 5.26 Å². The largest absolute Gasteiger partial charge is 0.361 e. The van der Waals surface area contributed by atoms with Crippen molar-refractivity contribution >= 4 is 22.5 Å². The van der Waals surface area contributed by atoms with Crippen molar-refractivity contribution in [1.29, 1.82) is 5.26 Å². The van der Waals surface area contributed by atoms with Crippen LogP contribution < -0.4 is 4.90 Å². The molecule has 1 heterocycles. The maximum atomic E-state index is 12.0. The van der Waals surface area contributed by atoms with Crippen LogP contribution in [0.25, 0.3) is 10.9 Å². The molecular weight excluding hydrogens is 264 g/mol. The van der Waals surface area contributed by atoms with Crippen molar-refractivity contribution in [3.8, 4) is 6.07 Å². The van der Waals surface area contributed by atoms with E-state index in [1.165, 1.54) is 0 Å². The number of amides is 1. The number of aromatic nitrogens is 1. The Morgan fingerprint density at radius 1 is 1.33 bits per heavy atom. The second-order valence-electron chi connectivity index (χ2n) is 4.95. The summed E-state index contributed by atoms with van der Waals surface area (Å²) in [4.78, 5) is 19.8. The molecule has 21 heavy (non-hydrogen) atoms. The molecule has 0 saturated heterocycles. The first-order chi connectivity index (χ1) is 10.1. The van der Waals surface area contributed by atoms with Crippen LogP contribution >= 0.6 is 0 Å². The van der Waals surface area contributed by atoms with Crippen molar-refractivity contribution in [3.63, 3.8) is 0 Å². The molecule has 0 unspecified atom stereocenters. The molecule has 108 valence electrons. The summed E-state index contributed by atoms with van der Waals surface area (Å²) in [5.74, 6) is 0.00151. The van der Waals surface area contributed by atoms with E-state index in [9.17, 15) is 10.1 Å². The topological polar surface area (TPSA) is 60.2 Å². The van der Waals surface area contributed by atoms with Gasteiger partial charge in [0, 0.05) is 32.2 Å². The Labute approximate surface area is 124 Å². The molecule has 0 aliphatic carbocycles. The van der Waals surface area contributed by atoms with Crippen molar-refractivity contribution in [2.24, 2.45) is 0 Å². The number of pyridine rings is 1. The molecule has 1 aromatic heterocycles. The average molecular weight is 282 g/mol. The minimum absolute atomic E-state index is 0.00151. The quantitative estimate of drug-likeness (QED) is 0.860. The lowest BCUT2D eigenvalue weighted by molar-refractivity contribution is -0.127. The predicted molar refractivity (Wildman–Crippen MR) is 83.0 cm³/mol. The maximum Gasteiger partial charge on any atom is 0.241 e. The number of anilines is 1. The van der Waals surface area contributed by atoms with E-state index < -0.39 is 0 Å². The fourth-order valence-electron chi connectivity index (χ4n) is 2.20. The lowest BCUT2D eigenvalue weighted by Gasteiger charge is -2.26. The van der Waals surface area contributed by atoms with Crippen LogP contribution in [0.1, 0.15) is 12.5 Å². The van der Waals surface area contributed by atoms with Crippen molar-refractivity contribution in [3.05, 3.63) is 36.0 Å². The molecule has 2 rings (SSSR count). The smallest absolute Gasteiger partial charge is 0.241 e. The standard InChI is InChI=1S/C16H18N4O/c1-4-20(11-15(21)19(2)3)16-12(9-17)10-18-14-8-6-5-7-13(14)16/h5-8,10H,4,11H2,1-3H3. The van der Waals surface area contributed by atoms with Gasteiger partial charge in [0.1, 0.15) is 6.07 Å². The maximum absolute atomic E-state index is 12.0. The lowest BCUT2D eigenvalue weighted by Crippen LogP contribution is -2.37. The number of rotatable bonds is 4. The van der Waals surface area contributed by atoms with Gasteiger partial charge in [-0.3, -0.25) is 9.78 Å². The molecule has 5 nitrogen and oxygen atoms in total. The van der Waals surface area contributed by atoms with Crippen molar-refractivity contribution in [2.45, 2.75) is 6.92 Å². The zero-order chi connectivity index (χ0) is 15.4. The molecule has 1 amide bonds. The first-order valence-electron chi connectivity index (χ1n) is 6.81. The van der Waals surface area contributed by atoms with E-state index in [1.807, 2.05) is 36.1 Å². The van der Waals surface area contributed by atoms with Gasteiger partial charge in [-0.15, -0.1) is 0 Å². The van der Waals surface area contributed by atoms with Crippen molar-refractivity contribution < 1.29 is 4.79 Å². The molecule has 2 aromatic rings. The number of nitriles is 1. The number of nitrogens with zero attached hydrogens (tertiary/aromatic N) is 4. The minimum atomic E-state index is 0.00151. The summed E-state index contributed by atoms with van der Waals surface area (Å²) in [5, 5.41) is 10.2. The van der Waals surface area contributed by atoms with Crippen molar-refractivity contribution in [1.82, 2.24) is 9.88 Å². The van der Waals surface area contributed by atoms with E-state index in [2.05, 4.69) is 11.1 Å². The number of para-hydroxylation sites is 1. The third-order valence-corrected chi connectivity index (χ3v) is 3.39. The third-order valence-electron chi connectivity index (χ3n) is 3.39. The van der Waals surface area contributed by atoms with Crippen LogP contribution in [0.5, 0.6) is 0 Å². The van der Waals surface area contributed by atoms with Crippen LogP contribution in [0.3, 0.4) is 0 Å². The van der Waals surface area contributed by atoms with Gasteiger partial charge in [-0.1, -0.05) is 18.2 Å². The van der Waals surface area contributed by atoms with E-state index in [0.717, 1.165) is 16.6 Å². The second-order valence-corrected chi connectivity index (χ2v) is 4.95. The average Bonchev–Trinajstić information content (AvgIpc) is 2.51. The molecule has 0 atom stereocenters. The molecular formula is C16H18N4O. The number of carbonyl (C=O) groups is 1. The first kappa shape index (κ1) is 14.8. The van der Waals surface area contributed by atoms with E-state index in [-0.39, 0.29) is 12.5 Å². The fraction of sp³-hybridized carbons (Fsp3) is 0.312. The van der Waals surface area contributed by atoms with Gasteiger partial charge in [0.05, 0.1) is 23.3 Å². The zero-order valence-electron chi connectivity index (χ0n) is 12.5. The van der Waals surface area contributed by atoms with Crippen LogP contribution in [0.15, 0.2) is 30.5 Å². The lowest BCUT2D eigenvalue weighted by atomic mass is 10.1. The summed E-state index contributed by atoms with van der Waals surface area (Å²) >= 11 is 0. The Hall–Kier alpha value is -2.61. The first-order valence-corrected chi connectivity index (χ1v) is 6.81. The van der Waals surface area contributed by atoms with Crippen molar-refractivity contribution in [2.75, 3.05) is 32.1 Å². The number of hydrogen-bond acceptors (Lipinski definition) is 4. The Morgan fingerprint density at radius 3 is 2.67 bits per heavy atom. The summed E-state index contributed by atoms with van der Waals surface area (Å²) in [6.07, 6.45) is 1.57. The molecule has 1 aromatic carbocycles. The number of likely N-dealkylation sites (N-methyl/N-ethyl adjacent to an activating group) is 2. The number of benzene rings is 1. The number of hydrogen-bond donors (Lipinski definition) is 0. The second kappa shape index (κ2) is 6.23. The van der Waals surface area contributed by atoms with Crippen LogP contribution in [0, 0.1) is 11.3 Å². The Morgan fingerprint density at radius 2 is 2.05 bits per heavy atom. The highest BCUT2D eigenvalue weighted by Gasteiger charge is 2.18. The summed E-state index contributed by atoms with van der Waals surface area (Å²) in [6.45, 7) is 2.85. The monoisotopic (exact) mass is 282 g/mol. The minimum Gasteiger partial charge on any atom is -0.361 e. The van der Waals surface area contributed by atoms with Gasteiger partial charge in [0.25, 0.3) is 0 Å². The van der Waals surface area contributed by atoms with Gasteiger partial charge in [0.2, 0.25) is 5.91 Å². The van der Waals surface area contributed by atoms with Crippen LogP contribution in [-0.2, 0) is 4.79 Å². The van der Waals surface area contributed by atoms with Gasteiger partial charge < -0.3 is 9.80 Å². The van der Waals surface area contributed by atoms with Crippen LogP contribution in [0.4, 0.5) is 5.69 Å². The summed E-state index contributed by atoms with van der Waals surface area (Å²) in [7, 11) is 3.46. The summed E-state index contributed by atoms with van der Waals surface area (Å²) in [5.41, 5.74) is 2.09. The van der Waals surface area contributed by atoms with E-state index in [1.54, 1.807) is 25.2 Å². The van der Waals surface area contributed by atoms with Crippen LogP contribution in [-0.4, -0.2) is 43.0 Å². The highest BCUT2D eigenvalue weighted by atomic mass is 16.2. The predicted octanol–water partition coefficient (Wildman–Crippen LogP) is 2.02. The van der Waals surface area contributed by atoms with Gasteiger partial charge in [0.15, 0.2) is 0 Å². The Bertz CT molecular complexity index is 703. The van der Waals surface area contributed by atoms with Gasteiger partial charge in [-0.05, 0) is 13.0 Å².